The van der Waals surface area contributed by atoms with Gasteiger partial charge in [0.05, 0.1) is 5.54 Å². The van der Waals surface area contributed by atoms with E-state index in [-0.39, 0.29) is 23.2 Å². The summed E-state index contributed by atoms with van der Waals surface area (Å²) >= 11 is 0. The number of alkyl halides is 2. The van der Waals surface area contributed by atoms with Crippen molar-refractivity contribution < 1.29 is 13.6 Å². The van der Waals surface area contributed by atoms with Crippen LogP contribution < -0.4 is 5.32 Å². The van der Waals surface area contributed by atoms with Crippen molar-refractivity contribution >= 4 is 5.91 Å². The maximum atomic E-state index is 14.4. The number of aromatic nitrogens is 2. The van der Waals surface area contributed by atoms with Crippen LogP contribution in [0.25, 0.3) is 0 Å². The van der Waals surface area contributed by atoms with E-state index < -0.39 is 17.4 Å². The number of hydrogen-bond acceptors (Lipinski definition) is 2. The van der Waals surface area contributed by atoms with Crippen LogP contribution in [0.4, 0.5) is 8.78 Å². The number of carbonyl (C=O) groups is 1. The monoisotopic (exact) mass is 269 g/mol. The lowest BCUT2D eigenvalue weighted by Gasteiger charge is -2.25. The fourth-order valence-electron chi connectivity index (χ4n) is 2.96. The number of halogens is 2. The van der Waals surface area contributed by atoms with E-state index in [1.54, 1.807) is 0 Å². The molecule has 1 N–H and O–H groups in total. The van der Waals surface area contributed by atoms with E-state index in [9.17, 15) is 13.6 Å². The molecule has 4 nitrogen and oxygen atoms in total. The Hall–Kier alpha value is -1.46. The van der Waals surface area contributed by atoms with Crippen LogP contribution >= 0.6 is 0 Å². The van der Waals surface area contributed by atoms with Crippen LogP contribution in [0.1, 0.15) is 54.9 Å². The van der Waals surface area contributed by atoms with Crippen molar-refractivity contribution in [3.8, 4) is 0 Å². The molecule has 19 heavy (non-hydrogen) atoms. The Kier molecular flexibility index (Phi) is 2.21. The van der Waals surface area contributed by atoms with Crippen LogP contribution in [0.15, 0.2) is 0 Å². The minimum absolute atomic E-state index is 0.0557. The molecule has 0 aromatic carbocycles. The molecule has 1 unspecified atom stereocenters. The molecular formula is C13H17F2N3O. The van der Waals surface area contributed by atoms with E-state index in [1.165, 1.54) is 11.7 Å². The Morgan fingerprint density at radius 3 is 2.63 bits per heavy atom. The summed E-state index contributed by atoms with van der Waals surface area (Å²) in [5.74, 6) is -4.10. The summed E-state index contributed by atoms with van der Waals surface area (Å²) in [6, 6.07) is 0. The van der Waals surface area contributed by atoms with Crippen LogP contribution in [-0.2, 0) is 11.5 Å². The molecule has 1 aromatic rings. The maximum Gasteiger partial charge on any atom is 0.293 e. The molecule has 1 heterocycles. The number of nitrogens with one attached hydrogen (secondary N) is 1. The van der Waals surface area contributed by atoms with Crippen LogP contribution in [0.5, 0.6) is 0 Å². The van der Waals surface area contributed by atoms with Gasteiger partial charge < -0.3 is 5.32 Å². The molecule has 104 valence electrons. The first kappa shape index (κ1) is 12.6. The molecule has 6 heteroatoms. The molecular weight excluding hydrogens is 252 g/mol. The van der Waals surface area contributed by atoms with Crippen molar-refractivity contribution in [1.82, 2.24) is 15.1 Å². The lowest BCUT2D eigenvalue weighted by Crippen LogP contribution is -2.30. The summed E-state index contributed by atoms with van der Waals surface area (Å²) in [6.45, 7) is 5.44. The van der Waals surface area contributed by atoms with Gasteiger partial charge >= 0.3 is 0 Å². The summed E-state index contributed by atoms with van der Waals surface area (Å²) < 4.78 is 30.0. The van der Waals surface area contributed by atoms with Crippen molar-refractivity contribution in [3.05, 3.63) is 17.0 Å². The van der Waals surface area contributed by atoms with E-state index in [4.69, 9.17) is 0 Å². The van der Waals surface area contributed by atoms with E-state index in [1.807, 2.05) is 20.8 Å². The first-order chi connectivity index (χ1) is 8.69. The van der Waals surface area contributed by atoms with Gasteiger partial charge in [0, 0.05) is 18.5 Å². The molecule has 0 aliphatic heterocycles. The molecule has 1 aromatic heterocycles. The molecule has 0 saturated heterocycles. The molecule has 2 aliphatic rings. The SMILES string of the molecule is CNC(=O)c1nn(C(C)(C)C)c2c1[C@H]1CC1C2(F)F. The lowest BCUT2D eigenvalue weighted by atomic mass is 10.1. The minimum Gasteiger partial charge on any atom is -0.354 e. The zero-order valence-corrected chi connectivity index (χ0v) is 11.4. The Labute approximate surface area is 110 Å². The lowest BCUT2D eigenvalue weighted by molar-refractivity contribution is -0.0342. The fourth-order valence-corrected chi connectivity index (χ4v) is 2.96. The fraction of sp³-hybridized carbons (Fsp3) is 0.692. The first-order valence-electron chi connectivity index (χ1n) is 6.43. The predicted octanol–water partition coefficient (Wildman–Crippen LogP) is 2.21. The van der Waals surface area contributed by atoms with Crippen LogP contribution in [0.3, 0.4) is 0 Å². The van der Waals surface area contributed by atoms with Crippen LogP contribution in [-0.4, -0.2) is 22.7 Å². The van der Waals surface area contributed by atoms with E-state index >= 15 is 0 Å². The van der Waals surface area contributed by atoms with E-state index in [2.05, 4.69) is 10.4 Å². The van der Waals surface area contributed by atoms with Gasteiger partial charge in [-0.05, 0) is 33.1 Å². The minimum atomic E-state index is -2.87. The van der Waals surface area contributed by atoms with Gasteiger partial charge in [-0.25, -0.2) is 0 Å². The summed E-state index contributed by atoms with van der Waals surface area (Å²) in [4.78, 5) is 11.9. The Balaban J connectivity index is 2.26. The van der Waals surface area contributed by atoms with Crippen molar-refractivity contribution in [1.29, 1.82) is 0 Å². The molecule has 0 radical (unpaired) electrons. The number of carbonyl (C=O) groups excluding carboxylic acids is 1. The van der Waals surface area contributed by atoms with Crippen molar-refractivity contribution in [2.24, 2.45) is 5.92 Å². The smallest absolute Gasteiger partial charge is 0.293 e. The highest BCUT2D eigenvalue weighted by Crippen LogP contribution is 2.67. The number of nitrogens with zero attached hydrogens (tertiary/aromatic N) is 2. The zero-order chi connectivity index (χ0) is 14.2. The molecule has 0 spiro atoms. The van der Waals surface area contributed by atoms with Gasteiger partial charge in [-0.2, -0.15) is 13.9 Å². The number of amides is 1. The number of rotatable bonds is 1. The van der Waals surface area contributed by atoms with E-state index in [0.717, 1.165) is 0 Å². The highest BCUT2D eigenvalue weighted by molar-refractivity contribution is 5.94. The van der Waals surface area contributed by atoms with Gasteiger partial charge in [0.15, 0.2) is 5.69 Å². The average molecular weight is 269 g/mol. The largest absolute Gasteiger partial charge is 0.354 e. The molecule has 3 rings (SSSR count). The second kappa shape index (κ2) is 3.35. The van der Waals surface area contributed by atoms with Crippen molar-refractivity contribution in [3.63, 3.8) is 0 Å². The normalized spacial score (nSPS) is 26.8. The topological polar surface area (TPSA) is 46.9 Å². The summed E-state index contributed by atoms with van der Waals surface area (Å²) in [7, 11) is 1.49. The Morgan fingerprint density at radius 1 is 1.47 bits per heavy atom. The molecule has 1 saturated carbocycles. The standard InChI is InChI=1S/C13H17F2N3O/c1-12(2,3)18-10-8(9(17-18)11(19)16-4)6-5-7(6)13(10,14)15/h6-7H,5H2,1-4H3,(H,16,19)/t6-,7?/m0/s1. The number of hydrogen-bond donors (Lipinski definition) is 1. The van der Waals surface area contributed by atoms with Gasteiger partial charge in [0.1, 0.15) is 5.69 Å². The molecule has 1 amide bonds. The second-order valence-corrected chi connectivity index (χ2v) is 6.34. The molecule has 1 fully saturated rings. The van der Waals surface area contributed by atoms with Crippen molar-refractivity contribution in [2.45, 2.75) is 44.6 Å². The quantitative estimate of drug-likeness (QED) is 0.849. The van der Waals surface area contributed by atoms with Gasteiger partial charge in [-0.15, -0.1) is 0 Å². The summed E-state index contributed by atoms with van der Waals surface area (Å²) in [6.07, 6.45) is 0.458. The van der Waals surface area contributed by atoms with Gasteiger partial charge in [-0.1, -0.05) is 0 Å². The third-order valence-electron chi connectivity index (χ3n) is 3.94. The Morgan fingerprint density at radius 2 is 2.11 bits per heavy atom. The van der Waals surface area contributed by atoms with Gasteiger partial charge in [0.2, 0.25) is 0 Å². The molecule has 2 atom stereocenters. The summed E-state index contributed by atoms with van der Waals surface area (Å²) in [5.41, 5.74) is -0.00227. The zero-order valence-electron chi connectivity index (χ0n) is 11.4. The predicted molar refractivity (Wildman–Crippen MR) is 65.4 cm³/mol. The second-order valence-electron chi connectivity index (χ2n) is 6.34. The van der Waals surface area contributed by atoms with Crippen molar-refractivity contribution in [2.75, 3.05) is 7.05 Å². The van der Waals surface area contributed by atoms with Gasteiger partial charge in [-0.3, -0.25) is 9.48 Å². The Bertz CT molecular complexity index is 571. The highest BCUT2D eigenvalue weighted by Gasteiger charge is 2.67. The van der Waals surface area contributed by atoms with Crippen LogP contribution in [0.2, 0.25) is 0 Å². The van der Waals surface area contributed by atoms with E-state index in [0.29, 0.717) is 12.0 Å². The van der Waals surface area contributed by atoms with Crippen LogP contribution in [0, 0.1) is 5.92 Å². The third kappa shape index (κ3) is 1.48. The first-order valence-corrected chi connectivity index (χ1v) is 6.43. The molecule has 0 bridgehead atoms. The number of fused-ring (bicyclic) bond motifs is 3. The highest BCUT2D eigenvalue weighted by atomic mass is 19.3. The third-order valence-corrected chi connectivity index (χ3v) is 3.94. The summed E-state index contributed by atoms with van der Waals surface area (Å²) in [5, 5.41) is 6.65. The average Bonchev–Trinajstić information content (AvgIpc) is 2.93. The maximum absolute atomic E-state index is 14.4. The molecule has 2 aliphatic carbocycles. The van der Waals surface area contributed by atoms with Gasteiger partial charge in [0.25, 0.3) is 11.8 Å².